The molecule has 0 radical (unpaired) electrons. The van der Waals surface area contributed by atoms with E-state index in [9.17, 15) is 10.1 Å². The molecule has 2 heterocycles. The van der Waals surface area contributed by atoms with E-state index in [0.717, 1.165) is 17.7 Å². The molecule has 6 heteroatoms. The van der Waals surface area contributed by atoms with Crippen molar-refractivity contribution in [1.82, 2.24) is 0 Å². The maximum Gasteiger partial charge on any atom is 0.344 e. The van der Waals surface area contributed by atoms with E-state index in [1.54, 1.807) is 18.2 Å². The number of para-hydroxylation sites is 1. The Bertz CT molecular complexity index is 1170. The maximum atomic E-state index is 12.8. The van der Waals surface area contributed by atoms with Gasteiger partial charge in [0.1, 0.15) is 23.0 Å². The molecule has 2 N–H and O–H groups in total. The topological polar surface area (TPSA) is 98.5 Å². The van der Waals surface area contributed by atoms with Gasteiger partial charge < -0.3 is 19.6 Å². The summed E-state index contributed by atoms with van der Waals surface area (Å²) in [6.07, 6.45) is 0.904. The number of nitrogens with zero attached hydrogens (tertiary/aromatic N) is 1. The SMILES string of the molecule is CCCOc1ccc([C@@H]2C(C#N)=C(N)Oc3c2c(=O)oc2ccccc32)cc1. The summed E-state index contributed by atoms with van der Waals surface area (Å²) in [5.41, 5.74) is 7.08. The molecular weight excluding hydrogens is 356 g/mol. The van der Waals surface area contributed by atoms with Crippen LogP contribution in [0.2, 0.25) is 0 Å². The average Bonchev–Trinajstić information content (AvgIpc) is 2.72. The fourth-order valence-corrected chi connectivity index (χ4v) is 3.38. The van der Waals surface area contributed by atoms with Gasteiger partial charge in [0.15, 0.2) is 5.75 Å². The molecule has 1 aromatic heterocycles. The van der Waals surface area contributed by atoms with Crippen molar-refractivity contribution in [3.63, 3.8) is 0 Å². The largest absolute Gasteiger partial charge is 0.494 e. The lowest BCUT2D eigenvalue weighted by Gasteiger charge is -2.26. The lowest BCUT2D eigenvalue weighted by atomic mass is 9.84. The van der Waals surface area contributed by atoms with E-state index in [4.69, 9.17) is 19.6 Å². The van der Waals surface area contributed by atoms with Crippen LogP contribution in [0.5, 0.6) is 11.5 Å². The van der Waals surface area contributed by atoms with Gasteiger partial charge in [0.05, 0.1) is 23.5 Å². The molecule has 0 saturated carbocycles. The van der Waals surface area contributed by atoms with Gasteiger partial charge in [-0.1, -0.05) is 31.2 Å². The second-order valence-corrected chi connectivity index (χ2v) is 6.47. The van der Waals surface area contributed by atoms with Crippen LogP contribution in [0.1, 0.15) is 30.4 Å². The number of ether oxygens (including phenoxy) is 2. The minimum Gasteiger partial charge on any atom is -0.494 e. The van der Waals surface area contributed by atoms with E-state index in [2.05, 4.69) is 6.07 Å². The Balaban J connectivity index is 1.91. The predicted octanol–water partition coefficient (Wildman–Crippen LogP) is 3.80. The highest BCUT2D eigenvalue weighted by atomic mass is 16.5. The van der Waals surface area contributed by atoms with Gasteiger partial charge in [-0.2, -0.15) is 5.26 Å². The minimum absolute atomic E-state index is 0.0120. The number of fused-ring (bicyclic) bond motifs is 3. The zero-order chi connectivity index (χ0) is 19.7. The molecule has 28 heavy (non-hydrogen) atoms. The number of benzene rings is 2. The summed E-state index contributed by atoms with van der Waals surface area (Å²) in [5.74, 6) is 0.371. The van der Waals surface area contributed by atoms with E-state index in [0.29, 0.717) is 23.3 Å². The summed E-state index contributed by atoms with van der Waals surface area (Å²) < 4.78 is 16.8. The number of hydrogen-bond donors (Lipinski definition) is 1. The van der Waals surface area contributed by atoms with Gasteiger partial charge >= 0.3 is 5.63 Å². The third kappa shape index (κ3) is 2.87. The smallest absolute Gasteiger partial charge is 0.344 e. The highest BCUT2D eigenvalue weighted by Gasteiger charge is 2.35. The molecule has 6 nitrogen and oxygen atoms in total. The Morgan fingerprint density at radius 1 is 1.18 bits per heavy atom. The summed E-state index contributed by atoms with van der Waals surface area (Å²) in [5, 5.41) is 10.3. The molecule has 0 aliphatic carbocycles. The summed E-state index contributed by atoms with van der Waals surface area (Å²) in [7, 11) is 0. The Morgan fingerprint density at radius 2 is 1.93 bits per heavy atom. The zero-order valence-electron chi connectivity index (χ0n) is 15.3. The Hall–Kier alpha value is -3.72. The van der Waals surface area contributed by atoms with Gasteiger partial charge in [0, 0.05) is 0 Å². The van der Waals surface area contributed by atoms with E-state index in [-0.39, 0.29) is 17.0 Å². The van der Waals surface area contributed by atoms with Crippen molar-refractivity contribution in [2.24, 2.45) is 5.73 Å². The van der Waals surface area contributed by atoms with Crippen LogP contribution >= 0.6 is 0 Å². The quantitative estimate of drug-likeness (QED) is 0.698. The van der Waals surface area contributed by atoms with Crippen LogP contribution in [-0.2, 0) is 0 Å². The fourth-order valence-electron chi connectivity index (χ4n) is 3.38. The third-order valence-electron chi connectivity index (χ3n) is 4.66. The first-order chi connectivity index (χ1) is 13.6. The fraction of sp³-hybridized carbons (Fsp3) is 0.182. The van der Waals surface area contributed by atoms with Crippen molar-refractivity contribution in [3.05, 3.63) is 81.5 Å². The lowest BCUT2D eigenvalue weighted by molar-refractivity contribution is 0.317. The van der Waals surface area contributed by atoms with E-state index >= 15 is 0 Å². The van der Waals surface area contributed by atoms with Gasteiger partial charge in [0.25, 0.3) is 0 Å². The maximum absolute atomic E-state index is 12.8. The first-order valence-electron chi connectivity index (χ1n) is 9.00. The van der Waals surface area contributed by atoms with E-state index in [1.807, 2.05) is 37.3 Å². The van der Waals surface area contributed by atoms with Crippen LogP contribution in [0.4, 0.5) is 0 Å². The molecule has 0 unspecified atom stereocenters. The Labute approximate surface area is 161 Å². The highest BCUT2D eigenvalue weighted by molar-refractivity contribution is 5.86. The van der Waals surface area contributed by atoms with Crippen molar-refractivity contribution in [1.29, 1.82) is 5.26 Å². The molecule has 140 valence electrons. The predicted molar refractivity (Wildman–Crippen MR) is 104 cm³/mol. The Kier molecular flexibility index (Phi) is 4.50. The van der Waals surface area contributed by atoms with Crippen LogP contribution in [0.25, 0.3) is 11.0 Å². The van der Waals surface area contributed by atoms with Crippen molar-refractivity contribution in [3.8, 4) is 17.6 Å². The van der Waals surface area contributed by atoms with Gasteiger partial charge in [-0.05, 0) is 36.2 Å². The Morgan fingerprint density at radius 3 is 2.64 bits per heavy atom. The van der Waals surface area contributed by atoms with Crippen LogP contribution < -0.4 is 20.8 Å². The van der Waals surface area contributed by atoms with Crippen LogP contribution in [0.15, 0.2) is 69.2 Å². The standard InChI is InChI=1S/C22H18N2O4/c1-2-11-26-14-9-7-13(8-10-14)18-16(12-23)21(24)28-20-15-5-3-4-6-17(15)27-22(25)19(18)20/h3-10,18H,2,11,24H2,1H3/t18-/m1/s1. The van der Waals surface area contributed by atoms with Crippen molar-refractivity contribution < 1.29 is 13.9 Å². The molecule has 0 bridgehead atoms. The summed E-state index contributed by atoms with van der Waals surface area (Å²) in [6, 6.07) is 16.4. The first kappa shape index (κ1) is 17.7. The number of nitriles is 1. The lowest BCUT2D eigenvalue weighted by Crippen LogP contribution is -2.26. The molecule has 1 aliphatic rings. The first-order valence-corrected chi connectivity index (χ1v) is 9.00. The van der Waals surface area contributed by atoms with Crippen LogP contribution in [0.3, 0.4) is 0 Å². The molecule has 3 aromatic rings. The molecule has 4 rings (SSSR count). The van der Waals surface area contributed by atoms with Gasteiger partial charge in [-0.3, -0.25) is 0 Å². The molecule has 0 fully saturated rings. The molecule has 1 atom stereocenters. The molecule has 0 saturated heterocycles. The summed E-state index contributed by atoms with van der Waals surface area (Å²) in [6.45, 7) is 2.65. The third-order valence-corrected chi connectivity index (χ3v) is 4.66. The van der Waals surface area contributed by atoms with E-state index < -0.39 is 11.5 Å². The van der Waals surface area contributed by atoms with Gasteiger partial charge in [-0.15, -0.1) is 0 Å². The van der Waals surface area contributed by atoms with Gasteiger partial charge in [-0.25, -0.2) is 4.79 Å². The molecule has 2 aromatic carbocycles. The minimum atomic E-state index is -0.671. The van der Waals surface area contributed by atoms with Crippen molar-refractivity contribution >= 4 is 11.0 Å². The molecule has 0 amide bonds. The average molecular weight is 374 g/mol. The second kappa shape index (κ2) is 7.12. The normalized spacial score (nSPS) is 15.6. The summed E-state index contributed by atoms with van der Waals surface area (Å²) in [4.78, 5) is 12.8. The zero-order valence-corrected chi connectivity index (χ0v) is 15.3. The second-order valence-electron chi connectivity index (χ2n) is 6.47. The van der Waals surface area contributed by atoms with Crippen molar-refractivity contribution in [2.45, 2.75) is 19.3 Å². The monoisotopic (exact) mass is 374 g/mol. The molecule has 0 spiro atoms. The van der Waals surface area contributed by atoms with Crippen LogP contribution in [0, 0.1) is 11.3 Å². The van der Waals surface area contributed by atoms with Crippen LogP contribution in [-0.4, -0.2) is 6.61 Å². The highest BCUT2D eigenvalue weighted by Crippen LogP contribution is 2.43. The van der Waals surface area contributed by atoms with Crippen molar-refractivity contribution in [2.75, 3.05) is 6.61 Å². The summed E-state index contributed by atoms with van der Waals surface area (Å²) >= 11 is 0. The van der Waals surface area contributed by atoms with E-state index in [1.165, 1.54) is 0 Å². The number of rotatable bonds is 4. The number of nitrogens with two attached hydrogens (primary N) is 1. The molecular formula is C22H18N2O4. The number of hydrogen-bond acceptors (Lipinski definition) is 6. The molecule has 1 aliphatic heterocycles. The number of allylic oxidation sites excluding steroid dienone is 1. The van der Waals surface area contributed by atoms with Gasteiger partial charge in [0.2, 0.25) is 5.88 Å².